The van der Waals surface area contributed by atoms with Gasteiger partial charge < -0.3 is 10.2 Å². The molecule has 6 nitrogen and oxygen atoms in total. The van der Waals surface area contributed by atoms with Gasteiger partial charge in [0.15, 0.2) is 5.75 Å². The van der Waals surface area contributed by atoms with Crippen molar-refractivity contribution in [2.24, 2.45) is 0 Å². The first-order valence-corrected chi connectivity index (χ1v) is 8.41. The summed E-state index contributed by atoms with van der Waals surface area (Å²) in [6, 6.07) is 9.24. The number of aromatic hydroxyl groups is 1. The molecule has 0 aliphatic carbocycles. The summed E-state index contributed by atoms with van der Waals surface area (Å²) in [5, 5.41) is 19.0. The topological polar surface area (TPSA) is 104 Å². The number of carbonyl (C=O) groups is 1. The minimum atomic E-state index is -4.11. The van der Waals surface area contributed by atoms with Gasteiger partial charge in [-0.15, -0.1) is 0 Å². The van der Waals surface area contributed by atoms with Crippen molar-refractivity contribution in [2.75, 3.05) is 4.72 Å². The van der Waals surface area contributed by atoms with E-state index in [0.29, 0.717) is 11.3 Å². The van der Waals surface area contributed by atoms with Crippen LogP contribution in [0.4, 0.5) is 5.69 Å². The third kappa shape index (κ3) is 3.62. The standard InChI is InChI=1S/C16H17NO5S/c1-3-11-4-6-12(7-5-11)17-23(21,22)14-9-10(2)8-13(15(14)18)16(19)20/h4-9,17-18H,3H2,1-2H3,(H,19,20). The maximum absolute atomic E-state index is 12.4. The van der Waals surface area contributed by atoms with Gasteiger partial charge in [-0.05, 0) is 48.7 Å². The van der Waals surface area contributed by atoms with Crippen LogP contribution in [0.1, 0.15) is 28.4 Å². The van der Waals surface area contributed by atoms with Gasteiger partial charge in [0.1, 0.15) is 10.5 Å². The average Bonchev–Trinajstić information content (AvgIpc) is 2.49. The smallest absolute Gasteiger partial charge is 0.339 e. The molecule has 23 heavy (non-hydrogen) atoms. The van der Waals surface area contributed by atoms with Crippen molar-refractivity contribution in [3.05, 3.63) is 53.1 Å². The number of carboxylic acid groups (broad SMARTS) is 1. The number of hydrogen-bond donors (Lipinski definition) is 3. The van der Waals surface area contributed by atoms with E-state index in [0.717, 1.165) is 12.0 Å². The molecule has 122 valence electrons. The van der Waals surface area contributed by atoms with Crippen LogP contribution >= 0.6 is 0 Å². The van der Waals surface area contributed by atoms with Gasteiger partial charge >= 0.3 is 5.97 Å². The summed E-state index contributed by atoms with van der Waals surface area (Å²) >= 11 is 0. The lowest BCUT2D eigenvalue weighted by atomic mass is 10.1. The Balaban J connectivity index is 2.45. The summed E-state index contributed by atoms with van der Waals surface area (Å²) in [5.41, 5.74) is 1.35. The zero-order valence-corrected chi connectivity index (χ0v) is 13.5. The molecule has 0 saturated heterocycles. The summed E-state index contributed by atoms with van der Waals surface area (Å²) < 4.78 is 27.2. The highest BCUT2D eigenvalue weighted by Crippen LogP contribution is 2.30. The van der Waals surface area contributed by atoms with Crippen molar-refractivity contribution in [3.63, 3.8) is 0 Å². The largest absolute Gasteiger partial charge is 0.506 e. The minimum absolute atomic E-state index is 0.333. The molecule has 0 radical (unpaired) electrons. The van der Waals surface area contributed by atoms with E-state index in [1.165, 1.54) is 12.1 Å². The number of benzene rings is 2. The third-order valence-electron chi connectivity index (χ3n) is 3.35. The van der Waals surface area contributed by atoms with E-state index < -0.39 is 32.2 Å². The predicted molar refractivity (Wildman–Crippen MR) is 86.4 cm³/mol. The fourth-order valence-electron chi connectivity index (χ4n) is 2.13. The Morgan fingerprint density at radius 1 is 1.17 bits per heavy atom. The van der Waals surface area contributed by atoms with Crippen molar-refractivity contribution < 1.29 is 23.4 Å². The van der Waals surface area contributed by atoms with Crippen LogP contribution in [-0.4, -0.2) is 24.6 Å². The highest BCUT2D eigenvalue weighted by molar-refractivity contribution is 7.92. The van der Waals surface area contributed by atoms with Gasteiger partial charge in [-0.25, -0.2) is 13.2 Å². The maximum atomic E-state index is 12.4. The first-order chi connectivity index (χ1) is 10.7. The van der Waals surface area contributed by atoms with E-state index >= 15 is 0 Å². The summed E-state index contributed by atoms with van der Waals surface area (Å²) in [6.07, 6.45) is 0.827. The lowest BCUT2D eigenvalue weighted by Gasteiger charge is -2.12. The molecule has 3 N–H and O–H groups in total. The predicted octanol–water partition coefficient (Wildman–Crippen LogP) is 2.76. The molecule has 0 bridgehead atoms. The lowest BCUT2D eigenvalue weighted by molar-refractivity contribution is 0.0693. The van der Waals surface area contributed by atoms with Crippen LogP contribution < -0.4 is 4.72 Å². The number of aryl methyl sites for hydroxylation is 2. The minimum Gasteiger partial charge on any atom is -0.506 e. The SMILES string of the molecule is CCc1ccc(NS(=O)(=O)c2cc(C)cc(C(=O)O)c2O)cc1. The summed E-state index contributed by atoms with van der Waals surface area (Å²) in [4.78, 5) is 10.6. The fraction of sp³-hybridized carbons (Fsp3) is 0.188. The Hall–Kier alpha value is -2.54. The van der Waals surface area contributed by atoms with Crippen LogP contribution in [0, 0.1) is 6.92 Å². The molecule has 2 aromatic carbocycles. The van der Waals surface area contributed by atoms with E-state index in [1.807, 2.05) is 6.92 Å². The zero-order chi connectivity index (χ0) is 17.2. The number of phenols is 1. The Morgan fingerprint density at radius 3 is 2.30 bits per heavy atom. The van der Waals surface area contributed by atoms with Gasteiger partial charge in [-0.3, -0.25) is 4.72 Å². The number of anilines is 1. The third-order valence-corrected chi connectivity index (χ3v) is 4.75. The molecule has 2 rings (SSSR count). The second-order valence-electron chi connectivity index (χ2n) is 5.12. The average molecular weight is 335 g/mol. The van der Waals surface area contributed by atoms with Crippen molar-refractivity contribution in [2.45, 2.75) is 25.2 Å². The second kappa shape index (κ2) is 6.29. The van der Waals surface area contributed by atoms with Crippen LogP contribution in [0.5, 0.6) is 5.75 Å². The van der Waals surface area contributed by atoms with Gasteiger partial charge in [0.25, 0.3) is 10.0 Å². The van der Waals surface area contributed by atoms with Crippen LogP contribution in [0.25, 0.3) is 0 Å². The summed E-state index contributed by atoms with van der Waals surface area (Å²) in [5.74, 6) is -2.17. The van der Waals surface area contributed by atoms with E-state index in [-0.39, 0.29) is 0 Å². The van der Waals surface area contributed by atoms with Crippen LogP contribution in [0.2, 0.25) is 0 Å². The molecule has 0 aromatic heterocycles. The Morgan fingerprint density at radius 2 is 1.78 bits per heavy atom. The van der Waals surface area contributed by atoms with Crippen molar-refractivity contribution in [1.29, 1.82) is 0 Å². The number of carboxylic acids is 1. The fourth-order valence-corrected chi connectivity index (χ4v) is 3.39. The number of rotatable bonds is 5. The number of nitrogens with one attached hydrogen (secondary N) is 1. The molecule has 2 aromatic rings. The molecule has 0 heterocycles. The van der Waals surface area contributed by atoms with Gasteiger partial charge in [-0.1, -0.05) is 19.1 Å². The number of aromatic carboxylic acids is 1. The first-order valence-electron chi connectivity index (χ1n) is 6.93. The molecular formula is C16H17NO5S. The highest BCUT2D eigenvalue weighted by Gasteiger charge is 2.24. The first kappa shape index (κ1) is 16.8. The molecule has 0 unspecified atom stereocenters. The van der Waals surface area contributed by atoms with Crippen LogP contribution in [0.15, 0.2) is 41.3 Å². The molecule has 0 aliphatic heterocycles. The molecule has 0 amide bonds. The number of hydrogen-bond acceptors (Lipinski definition) is 4. The van der Waals surface area contributed by atoms with Crippen molar-refractivity contribution >= 4 is 21.7 Å². The second-order valence-corrected chi connectivity index (χ2v) is 6.77. The van der Waals surface area contributed by atoms with E-state index in [1.54, 1.807) is 31.2 Å². The van der Waals surface area contributed by atoms with Crippen molar-refractivity contribution in [1.82, 2.24) is 0 Å². The lowest BCUT2D eigenvalue weighted by Crippen LogP contribution is -2.14. The van der Waals surface area contributed by atoms with Gasteiger partial charge in [-0.2, -0.15) is 0 Å². The molecule has 7 heteroatoms. The molecular weight excluding hydrogens is 318 g/mol. The van der Waals surface area contributed by atoms with E-state index in [2.05, 4.69) is 4.72 Å². The molecule has 0 atom stereocenters. The Labute approximate surface area is 134 Å². The zero-order valence-electron chi connectivity index (χ0n) is 12.7. The highest BCUT2D eigenvalue weighted by atomic mass is 32.2. The monoisotopic (exact) mass is 335 g/mol. The summed E-state index contributed by atoms with van der Waals surface area (Å²) in [7, 11) is -4.11. The van der Waals surface area contributed by atoms with Crippen LogP contribution in [-0.2, 0) is 16.4 Å². The molecule has 0 aliphatic rings. The van der Waals surface area contributed by atoms with Crippen LogP contribution in [0.3, 0.4) is 0 Å². The van der Waals surface area contributed by atoms with E-state index in [9.17, 15) is 18.3 Å². The maximum Gasteiger partial charge on any atom is 0.339 e. The molecule has 0 fully saturated rings. The molecule has 0 spiro atoms. The Kier molecular flexibility index (Phi) is 4.60. The normalized spacial score (nSPS) is 11.2. The van der Waals surface area contributed by atoms with Crippen molar-refractivity contribution in [3.8, 4) is 5.75 Å². The van der Waals surface area contributed by atoms with Gasteiger partial charge in [0.2, 0.25) is 0 Å². The summed E-state index contributed by atoms with van der Waals surface area (Å²) in [6.45, 7) is 3.54. The van der Waals surface area contributed by atoms with Gasteiger partial charge in [0, 0.05) is 5.69 Å². The quantitative estimate of drug-likeness (QED) is 0.779. The number of sulfonamides is 1. The van der Waals surface area contributed by atoms with E-state index in [4.69, 9.17) is 5.11 Å². The van der Waals surface area contributed by atoms with Gasteiger partial charge in [0.05, 0.1) is 0 Å². The molecule has 0 saturated carbocycles. The Bertz CT molecular complexity index is 842.